The Balaban J connectivity index is 1.58. The van der Waals surface area contributed by atoms with Crippen molar-refractivity contribution < 1.29 is 14.3 Å². The number of fused-ring (bicyclic) bond motifs is 2. The van der Waals surface area contributed by atoms with Crippen LogP contribution < -0.4 is 10.3 Å². The number of H-pyrrole nitrogens is 2. The Labute approximate surface area is 169 Å². The van der Waals surface area contributed by atoms with Gasteiger partial charge in [-0.1, -0.05) is 11.8 Å². The number of aromatic nitrogens is 4. The predicted molar refractivity (Wildman–Crippen MR) is 111 cm³/mol. The van der Waals surface area contributed by atoms with E-state index in [9.17, 15) is 9.59 Å². The van der Waals surface area contributed by atoms with Crippen molar-refractivity contribution in [2.45, 2.75) is 17.8 Å². The summed E-state index contributed by atoms with van der Waals surface area (Å²) >= 11 is 1.42. The van der Waals surface area contributed by atoms with Crippen LogP contribution in [0, 0.1) is 0 Å². The van der Waals surface area contributed by atoms with Crippen LogP contribution in [0.2, 0.25) is 0 Å². The first-order chi connectivity index (χ1) is 14.1. The molecule has 9 heteroatoms. The molecule has 0 aliphatic carbocycles. The molecule has 0 bridgehead atoms. The molecule has 0 saturated heterocycles. The fourth-order valence-corrected chi connectivity index (χ4v) is 3.68. The SMILES string of the molecule is CCOc1ccc2nc(SCc3nc4cc(C(=O)OC)ccc4c(=O)[nH]3)[nH]c2c1. The molecule has 0 fully saturated rings. The molecule has 0 spiro atoms. The van der Waals surface area contributed by atoms with Crippen molar-refractivity contribution >= 4 is 39.7 Å². The molecule has 29 heavy (non-hydrogen) atoms. The summed E-state index contributed by atoms with van der Waals surface area (Å²) in [6.45, 7) is 2.53. The zero-order valence-corrected chi connectivity index (χ0v) is 16.6. The van der Waals surface area contributed by atoms with Crippen LogP contribution in [-0.4, -0.2) is 39.6 Å². The van der Waals surface area contributed by atoms with Crippen LogP contribution in [0.25, 0.3) is 21.9 Å². The van der Waals surface area contributed by atoms with Gasteiger partial charge < -0.3 is 19.4 Å². The number of carbonyl (C=O) groups excluding carboxylic acids is 1. The molecule has 4 aromatic rings. The maximum Gasteiger partial charge on any atom is 0.337 e. The average Bonchev–Trinajstić information content (AvgIpc) is 3.13. The number of ether oxygens (including phenoxy) is 2. The topological polar surface area (TPSA) is 110 Å². The van der Waals surface area contributed by atoms with E-state index < -0.39 is 5.97 Å². The van der Waals surface area contributed by atoms with Crippen molar-refractivity contribution in [3.8, 4) is 5.75 Å². The summed E-state index contributed by atoms with van der Waals surface area (Å²) < 4.78 is 10.2. The number of nitrogens with zero attached hydrogens (tertiary/aromatic N) is 2. The molecule has 0 aliphatic heterocycles. The number of imidazole rings is 1. The highest BCUT2D eigenvalue weighted by Gasteiger charge is 2.11. The van der Waals surface area contributed by atoms with Gasteiger partial charge in [-0.3, -0.25) is 4.79 Å². The monoisotopic (exact) mass is 410 g/mol. The van der Waals surface area contributed by atoms with Gasteiger partial charge in [0.15, 0.2) is 5.16 Å². The Morgan fingerprint density at radius 2 is 1.97 bits per heavy atom. The standard InChI is InChI=1S/C20H18N4O4S/c1-3-28-12-5-7-14-16(9-12)23-20(22-14)29-10-17-21-15-8-11(19(26)27-2)4-6-13(15)18(25)24-17/h4-9H,3,10H2,1-2H3,(H,22,23)(H,21,24,25). The van der Waals surface area contributed by atoms with E-state index in [1.165, 1.54) is 18.9 Å². The average molecular weight is 410 g/mol. The molecule has 0 aliphatic rings. The van der Waals surface area contributed by atoms with Crippen molar-refractivity contribution in [2.24, 2.45) is 0 Å². The maximum absolute atomic E-state index is 12.3. The van der Waals surface area contributed by atoms with Crippen LogP contribution in [0.3, 0.4) is 0 Å². The second-order valence-electron chi connectivity index (χ2n) is 6.18. The first-order valence-electron chi connectivity index (χ1n) is 8.94. The third kappa shape index (κ3) is 3.95. The van der Waals surface area contributed by atoms with E-state index in [-0.39, 0.29) is 5.56 Å². The van der Waals surface area contributed by atoms with E-state index in [2.05, 4.69) is 19.9 Å². The number of aromatic amines is 2. The number of esters is 1. The first kappa shape index (κ1) is 19.0. The largest absolute Gasteiger partial charge is 0.494 e. The summed E-state index contributed by atoms with van der Waals surface area (Å²) in [7, 11) is 1.31. The van der Waals surface area contributed by atoms with Crippen LogP contribution in [0.4, 0.5) is 0 Å². The van der Waals surface area contributed by atoms with Gasteiger partial charge in [0, 0.05) is 6.07 Å². The lowest BCUT2D eigenvalue weighted by Crippen LogP contribution is -2.12. The summed E-state index contributed by atoms with van der Waals surface area (Å²) in [6.07, 6.45) is 0. The van der Waals surface area contributed by atoms with E-state index in [1.54, 1.807) is 18.2 Å². The number of hydrogen-bond donors (Lipinski definition) is 2. The summed E-state index contributed by atoms with van der Waals surface area (Å²) in [5, 5.41) is 1.12. The number of rotatable bonds is 6. The van der Waals surface area contributed by atoms with Crippen molar-refractivity contribution in [3.63, 3.8) is 0 Å². The van der Waals surface area contributed by atoms with Gasteiger partial charge in [0.1, 0.15) is 11.6 Å². The van der Waals surface area contributed by atoms with Crippen molar-refractivity contribution in [3.05, 3.63) is 58.1 Å². The molecular formula is C20H18N4O4S. The number of benzene rings is 2. The summed E-state index contributed by atoms with van der Waals surface area (Å²) in [5.74, 6) is 1.21. The van der Waals surface area contributed by atoms with Crippen molar-refractivity contribution in [1.82, 2.24) is 19.9 Å². The van der Waals surface area contributed by atoms with E-state index >= 15 is 0 Å². The molecule has 0 radical (unpaired) electrons. The molecule has 2 heterocycles. The summed E-state index contributed by atoms with van der Waals surface area (Å²) in [5.41, 5.74) is 2.24. The second-order valence-corrected chi connectivity index (χ2v) is 7.14. The van der Waals surface area contributed by atoms with Crippen LogP contribution >= 0.6 is 11.8 Å². The Bertz CT molecular complexity index is 1260. The minimum atomic E-state index is -0.474. The molecule has 0 amide bonds. The lowest BCUT2D eigenvalue weighted by atomic mass is 10.1. The van der Waals surface area contributed by atoms with Gasteiger partial charge in [0.2, 0.25) is 0 Å². The number of carbonyl (C=O) groups is 1. The molecule has 2 N–H and O–H groups in total. The van der Waals surface area contributed by atoms with Gasteiger partial charge in [-0.05, 0) is 37.3 Å². The van der Waals surface area contributed by atoms with E-state index in [0.717, 1.165) is 16.8 Å². The third-order valence-electron chi connectivity index (χ3n) is 4.26. The molecule has 4 rings (SSSR count). The quantitative estimate of drug-likeness (QED) is 0.371. The molecule has 2 aromatic heterocycles. The van der Waals surface area contributed by atoms with Gasteiger partial charge in [-0.2, -0.15) is 0 Å². The lowest BCUT2D eigenvalue weighted by molar-refractivity contribution is 0.0601. The van der Waals surface area contributed by atoms with Crippen LogP contribution in [0.15, 0.2) is 46.3 Å². The summed E-state index contributed by atoms with van der Waals surface area (Å²) in [4.78, 5) is 39.1. The van der Waals surface area contributed by atoms with E-state index in [1.807, 2.05) is 25.1 Å². The van der Waals surface area contributed by atoms with Gasteiger partial charge in [-0.15, -0.1) is 0 Å². The van der Waals surface area contributed by atoms with Crippen molar-refractivity contribution in [1.29, 1.82) is 0 Å². The molecular weight excluding hydrogens is 392 g/mol. The highest BCUT2D eigenvalue weighted by molar-refractivity contribution is 7.98. The normalized spacial score (nSPS) is 11.1. The number of thioether (sulfide) groups is 1. The van der Waals surface area contributed by atoms with Gasteiger partial charge in [0.05, 0.1) is 47.0 Å². The Hall–Kier alpha value is -3.33. The Kier molecular flexibility index (Phi) is 5.22. The van der Waals surface area contributed by atoms with Gasteiger partial charge in [-0.25, -0.2) is 14.8 Å². The van der Waals surface area contributed by atoms with Gasteiger partial charge in [0.25, 0.3) is 5.56 Å². The van der Waals surface area contributed by atoms with Crippen LogP contribution in [0.5, 0.6) is 5.75 Å². The molecule has 0 saturated carbocycles. The fraction of sp³-hybridized carbons (Fsp3) is 0.200. The first-order valence-corrected chi connectivity index (χ1v) is 9.92. The lowest BCUT2D eigenvalue weighted by Gasteiger charge is -2.04. The smallest absolute Gasteiger partial charge is 0.337 e. The number of methoxy groups -OCH3 is 1. The van der Waals surface area contributed by atoms with Crippen LogP contribution in [-0.2, 0) is 10.5 Å². The highest BCUT2D eigenvalue weighted by Crippen LogP contribution is 2.25. The minimum Gasteiger partial charge on any atom is -0.494 e. The fourth-order valence-electron chi connectivity index (χ4n) is 2.93. The van der Waals surface area contributed by atoms with Crippen LogP contribution in [0.1, 0.15) is 23.1 Å². The molecule has 0 unspecified atom stereocenters. The van der Waals surface area contributed by atoms with E-state index in [0.29, 0.717) is 39.8 Å². The third-order valence-corrected chi connectivity index (χ3v) is 5.15. The van der Waals surface area contributed by atoms with E-state index in [4.69, 9.17) is 9.47 Å². The Morgan fingerprint density at radius 3 is 2.76 bits per heavy atom. The zero-order valence-electron chi connectivity index (χ0n) is 15.8. The van der Waals surface area contributed by atoms with Crippen molar-refractivity contribution in [2.75, 3.05) is 13.7 Å². The second kappa shape index (κ2) is 7.96. The highest BCUT2D eigenvalue weighted by atomic mass is 32.2. The minimum absolute atomic E-state index is 0.257. The molecule has 148 valence electrons. The van der Waals surface area contributed by atoms with Gasteiger partial charge >= 0.3 is 5.97 Å². The number of hydrogen-bond acceptors (Lipinski definition) is 7. The zero-order chi connectivity index (χ0) is 20.4. The maximum atomic E-state index is 12.3. The Morgan fingerprint density at radius 1 is 1.10 bits per heavy atom. The number of nitrogens with one attached hydrogen (secondary N) is 2. The molecule has 0 atom stereocenters. The predicted octanol–water partition coefficient (Wildman–Crippen LogP) is 3.28. The summed E-state index contributed by atoms with van der Waals surface area (Å²) in [6, 6.07) is 10.3. The molecule has 8 nitrogen and oxygen atoms in total. The molecule has 2 aromatic carbocycles.